The van der Waals surface area contributed by atoms with Crippen LogP contribution < -0.4 is 10.6 Å². The SMILES string of the molecule is O=C1CCCN1C[C@@H](NC[C@H]1CNc2ccnn2C1)c1ccccc1. The molecule has 25 heavy (non-hydrogen) atoms. The highest BCUT2D eigenvalue weighted by Crippen LogP contribution is 2.20. The summed E-state index contributed by atoms with van der Waals surface area (Å²) in [6, 6.07) is 12.6. The lowest BCUT2D eigenvalue weighted by Gasteiger charge is -2.29. The van der Waals surface area contributed by atoms with Gasteiger partial charge in [0.15, 0.2) is 0 Å². The van der Waals surface area contributed by atoms with Crippen molar-refractivity contribution in [2.45, 2.75) is 25.4 Å². The Morgan fingerprint density at radius 3 is 2.96 bits per heavy atom. The van der Waals surface area contributed by atoms with E-state index in [9.17, 15) is 4.79 Å². The molecule has 0 unspecified atom stereocenters. The Bertz CT molecular complexity index is 714. The summed E-state index contributed by atoms with van der Waals surface area (Å²) >= 11 is 0. The van der Waals surface area contributed by atoms with Crippen LogP contribution in [0.5, 0.6) is 0 Å². The Morgan fingerprint density at radius 2 is 2.16 bits per heavy atom. The van der Waals surface area contributed by atoms with Gasteiger partial charge in [-0.2, -0.15) is 5.10 Å². The monoisotopic (exact) mass is 339 g/mol. The molecule has 6 nitrogen and oxygen atoms in total. The molecule has 2 aliphatic rings. The molecular weight excluding hydrogens is 314 g/mol. The molecule has 0 aliphatic carbocycles. The maximum absolute atomic E-state index is 12.0. The fraction of sp³-hybridized carbons (Fsp3) is 0.474. The third-order valence-corrected chi connectivity index (χ3v) is 5.15. The Balaban J connectivity index is 1.41. The molecule has 2 atom stereocenters. The van der Waals surface area contributed by atoms with Gasteiger partial charge in [-0.3, -0.25) is 4.79 Å². The number of aromatic nitrogens is 2. The van der Waals surface area contributed by atoms with Crippen LogP contribution in [-0.2, 0) is 11.3 Å². The third-order valence-electron chi connectivity index (χ3n) is 5.15. The molecule has 1 aromatic heterocycles. The highest BCUT2D eigenvalue weighted by atomic mass is 16.2. The maximum Gasteiger partial charge on any atom is 0.222 e. The second-order valence-corrected chi connectivity index (χ2v) is 6.96. The number of fused-ring (bicyclic) bond motifs is 1. The van der Waals surface area contributed by atoms with Crippen molar-refractivity contribution < 1.29 is 4.79 Å². The highest BCUT2D eigenvalue weighted by Gasteiger charge is 2.25. The van der Waals surface area contributed by atoms with Crippen LogP contribution in [0.1, 0.15) is 24.4 Å². The molecule has 0 saturated carbocycles. The van der Waals surface area contributed by atoms with Crippen LogP contribution >= 0.6 is 0 Å². The van der Waals surface area contributed by atoms with Crippen molar-refractivity contribution in [3.8, 4) is 0 Å². The van der Waals surface area contributed by atoms with Gasteiger partial charge < -0.3 is 15.5 Å². The van der Waals surface area contributed by atoms with Crippen LogP contribution in [0.15, 0.2) is 42.6 Å². The van der Waals surface area contributed by atoms with Crippen molar-refractivity contribution in [1.29, 1.82) is 0 Å². The van der Waals surface area contributed by atoms with E-state index < -0.39 is 0 Å². The minimum atomic E-state index is 0.169. The average molecular weight is 339 g/mol. The first kappa shape index (κ1) is 16.1. The number of likely N-dealkylation sites (tertiary alicyclic amines) is 1. The van der Waals surface area contributed by atoms with Gasteiger partial charge in [0.05, 0.1) is 6.20 Å². The second kappa shape index (κ2) is 7.27. The number of carbonyl (C=O) groups excluding carboxylic acids is 1. The summed E-state index contributed by atoms with van der Waals surface area (Å²) in [5.74, 6) is 1.86. The molecule has 1 saturated heterocycles. The van der Waals surface area contributed by atoms with Gasteiger partial charge in [-0.15, -0.1) is 0 Å². The molecule has 1 fully saturated rings. The lowest BCUT2D eigenvalue weighted by molar-refractivity contribution is -0.128. The van der Waals surface area contributed by atoms with E-state index in [4.69, 9.17) is 0 Å². The van der Waals surface area contributed by atoms with Gasteiger partial charge in [-0.1, -0.05) is 30.3 Å². The lowest BCUT2D eigenvalue weighted by Crippen LogP contribution is -2.41. The number of hydrogen-bond donors (Lipinski definition) is 2. The first-order chi connectivity index (χ1) is 12.3. The molecule has 2 aliphatic heterocycles. The number of nitrogens with zero attached hydrogens (tertiary/aromatic N) is 3. The molecule has 1 aromatic carbocycles. The number of rotatable bonds is 6. The van der Waals surface area contributed by atoms with Crippen molar-refractivity contribution in [2.75, 3.05) is 31.5 Å². The molecule has 6 heteroatoms. The van der Waals surface area contributed by atoms with E-state index in [-0.39, 0.29) is 11.9 Å². The molecule has 0 radical (unpaired) electrons. The van der Waals surface area contributed by atoms with Crippen molar-refractivity contribution >= 4 is 11.7 Å². The number of hydrogen-bond acceptors (Lipinski definition) is 4. The Kier molecular flexibility index (Phi) is 4.70. The summed E-state index contributed by atoms with van der Waals surface area (Å²) in [6.07, 6.45) is 3.51. The lowest BCUT2D eigenvalue weighted by atomic mass is 10.0. The third kappa shape index (κ3) is 3.69. The molecular formula is C19H25N5O. The zero-order valence-corrected chi connectivity index (χ0v) is 14.4. The first-order valence-electron chi connectivity index (χ1n) is 9.11. The fourth-order valence-electron chi connectivity index (χ4n) is 3.72. The largest absolute Gasteiger partial charge is 0.370 e. The van der Waals surface area contributed by atoms with Gasteiger partial charge in [0.25, 0.3) is 0 Å². The first-order valence-corrected chi connectivity index (χ1v) is 9.11. The topological polar surface area (TPSA) is 62.2 Å². The van der Waals surface area contributed by atoms with Crippen molar-refractivity contribution in [3.63, 3.8) is 0 Å². The van der Waals surface area contributed by atoms with E-state index in [0.717, 1.165) is 45.0 Å². The molecule has 132 valence electrons. The summed E-state index contributed by atoms with van der Waals surface area (Å²) in [7, 11) is 0. The molecule has 2 N–H and O–H groups in total. The van der Waals surface area contributed by atoms with Crippen molar-refractivity contribution in [1.82, 2.24) is 20.0 Å². The van der Waals surface area contributed by atoms with Crippen LogP contribution in [0.2, 0.25) is 0 Å². The van der Waals surface area contributed by atoms with Crippen molar-refractivity contribution in [3.05, 3.63) is 48.2 Å². The van der Waals surface area contributed by atoms with Gasteiger partial charge in [0.1, 0.15) is 5.82 Å². The van der Waals surface area contributed by atoms with Crippen LogP contribution in [0, 0.1) is 5.92 Å². The molecule has 2 aromatic rings. The molecule has 0 bridgehead atoms. The summed E-state index contributed by atoms with van der Waals surface area (Å²) < 4.78 is 2.03. The van der Waals surface area contributed by atoms with E-state index in [1.807, 2.05) is 27.9 Å². The fourth-order valence-corrected chi connectivity index (χ4v) is 3.72. The zero-order valence-electron chi connectivity index (χ0n) is 14.4. The number of anilines is 1. The van der Waals surface area contributed by atoms with Gasteiger partial charge >= 0.3 is 0 Å². The van der Waals surface area contributed by atoms with Gasteiger partial charge in [0.2, 0.25) is 5.91 Å². The Labute approximate surface area is 148 Å². The predicted molar refractivity (Wildman–Crippen MR) is 97.2 cm³/mol. The summed E-state index contributed by atoms with van der Waals surface area (Å²) in [4.78, 5) is 14.0. The van der Waals surface area contributed by atoms with E-state index in [0.29, 0.717) is 12.3 Å². The molecule has 0 spiro atoms. The second-order valence-electron chi connectivity index (χ2n) is 6.96. The zero-order chi connectivity index (χ0) is 17.1. The average Bonchev–Trinajstić information content (AvgIpc) is 3.27. The standard InChI is InChI=1S/C19H25N5O/c25-19-7-4-10-23(19)14-17(16-5-2-1-3-6-16)20-11-15-12-21-18-8-9-22-24(18)13-15/h1-3,5-6,8-9,15,17,20-21H,4,7,10-14H2/t15-,17+/m0/s1. The number of benzene rings is 1. The Hall–Kier alpha value is -2.34. The van der Waals surface area contributed by atoms with Crippen LogP contribution in [-0.4, -0.2) is 46.8 Å². The van der Waals surface area contributed by atoms with E-state index in [1.54, 1.807) is 0 Å². The summed E-state index contributed by atoms with van der Waals surface area (Å²) in [5.41, 5.74) is 1.24. The van der Waals surface area contributed by atoms with Crippen LogP contribution in [0.25, 0.3) is 0 Å². The smallest absolute Gasteiger partial charge is 0.222 e. The molecule has 1 amide bonds. The van der Waals surface area contributed by atoms with E-state index in [2.05, 4.69) is 40.0 Å². The number of amides is 1. The minimum absolute atomic E-state index is 0.169. The van der Waals surface area contributed by atoms with Gasteiger partial charge in [0, 0.05) is 57.2 Å². The normalized spacial score (nSPS) is 21.0. The van der Waals surface area contributed by atoms with Crippen LogP contribution in [0.4, 0.5) is 5.82 Å². The molecule has 4 rings (SSSR count). The van der Waals surface area contributed by atoms with E-state index in [1.165, 1.54) is 5.56 Å². The van der Waals surface area contributed by atoms with Gasteiger partial charge in [-0.25, -0.2) is 4.68 Å². The summed E-state index contributed by atoms with van der Waals surface area (Å²) in [6.45, 7) is 4.39. The molecule has 3 heterocycles. The predicted octanol–water partition coefficient (Wildman–Crippen LogP) is 1.88. The quantitative estimate of drug-likeness (QED) is 0.843. The summed E-state index contributed by atoms with van der Waals surface area (Å²) in [5, 5.41) is 11.5. The number of carbonyl (C=O) groups is 1. The Morgan fingerprint density at radius 1 is 1.28 bits per heavy atom. The number of nitrogens with one attached hydrogen (secondary N) is 2. The van der Waals surface area contributed by atoms with Crippen molar-refractivity contribution in [2.24, 2.45) is 5.92 Å². The van der Waals surface area contributed by atoms with E-state index >= 15 is 0 Å². The van der Waals surface area contributed by atoms with Gasteiger partial charge in [-0.05, 0) is 12.0 Å². The minimum Gasteiger partial charge on any atom is -0.370 e. The van der Waals surface area contributed by atoms with Crippen LogP contribution in [0.3, 0.4) is 0 Å². The maximum atomic E-state index is 12.0. The highest BCUT2D eigenvalue weighted by molar-refractivity contribution is 5.78.